The highest BCUT2D eigenvalue weighted by molar-refractivity contribution is 5.76. The van der Waals surface area contributed by atoms with E-state index < -0.39 is 0 Å². The Kier molecular flexibility index (Phi) is 5.80. The van der Waals surface area contributed by atoms with Crippen molar-refractivity contribution in [2.75, 3.05) is 13.1 Å². The average Bonchev–Trinajstić information content (AvgIpc) is 2.93. The van der Waals surface area contributed by atoms with Crippen LogP contribution in [0.3, 0.4) is 0 Å². The Hall–Kier alpha value is -1.35. The Morgan fingerprint density at radius 3 is 2.90 bits per heavy atom. The lowest BCUT2D eigenvalue weighted by Crippen LogP contribution is -2.34. The fourth-order valence-electron chi connectivity index (χ4n) is 3.10. The van der Waals surface area contributed by atoms with Crippen LogP contribution >= 0.6 is 0 Å². The Bertz CT molecular complexity index is 478. The molecule has 116 valence electrons. The van der Waals surface area contributed by atoms with E-state index in [1.54, 1.807) is 0 Å². The van der Waals surface area contributed by atoms with Crippen LogP contribution in [0, 0.1) is 19.8 Å². The summed E-state index contributed by atoms with van der Waals surface area (Å²) in [6.45, 7) is 8.53. The van der Waals surface area contributed by atoms with Crippen molar-refractivity contribution in [3.63, 3.8) is 0 Å². The number of amides is 1. The molecule has 21 heavy (non-hydrogen) atoms. The first-order valence-electron chi connectivity index (χ1n) is 8.11. The molecule has 1 aromatic rings. The minimum absolute atomic E-state index is 0.194. The number of carbonyl (C=O) groups is 1. The van der Waals surface area contributed by atoms with Crippen LogP contribution in [0.4, 0.5) is 0 Å². The zero-order chi connectivity index (χ0) is 15.2. The molecule has 1 heterocycles. The summed E-state index contributed by atoms with van der Waals surface area (Å²) in [4.78, 5) is 12.0. The van der Waals surface area contributed by atoms with E-state index in [-0.39, 0.29) is 11.9 Å². The molecule has 2 unspecified atom stereocenters. The summed E-state index contributed by atoms with van der Waals surface area (Å²) in [5.41, 5.74) is 3.93. The van der Waals surface area contributed by atoms with Gasteiger partial charge in [0.25, 0.3) is 0 Å². The molecule has 0 radical (unpaired) electrons. The molecule has 3 nitrogen and oxygen atoms in total. The van der Waals surface area contributed by atoms with Gasteiger partial charge in [-0.2, -0.15) is 0 Å². The molecular formula is C18H28N2O. The summed E-state index contributed by atoms with van der Waals surface area (Å²) >= 11 is 0. The Morgan fingerprint density at radius 2 is 2.24 bits per heavy atom. The zero-order valence-corrected chi connectivity index (χ0v) is 13.5. The summed E-state index contributed by atoms with van der Waals surface area (Å²) < 4.78 is 0. The normalized spacial score (nSPS) is 19.5. The van der Waals surface area contributed by atoms with Crippen LogP contribution in [0.1, 0.15) is 42.9 Å². The van der Waals surface area contributed by atoms with Crippen molar-refractivity contribution >= 4 is 5.91 Å². The standard InChI is InChI=1S/C18H28N2O/c1-13-4-6-17(14(2)10-13)11-15(3)20-18(21)7-5-16-8-9-19-12-16/h4,6,10,15-16,19H,5,7-9,11-12H2,1-3H3,(H,20,21). The second-order valence-electron chi connectivity index (χ2n) is 6.50. The van der Waals surface area contributed by atoms with Gasteiger partial charge in [-0.15, -0.1) is 0 Å². The first-order valence-corrected chi connectivity index (χ1v) is 8.11. The topological polar surface area (TPSA) is 41.1 Å². The Morgan fingerprint density at radius 1 is 1.43 bits per heavy atom. The van der Waals surface area contributed by atoms with Gasteiger partial charge >= 0.3 is 0 Å². The van der Waals surface area contributed by atoms with Gasteiger partial charge in [0.05, 0.1) is 0 Å². The molecule has 3 heteroatoms. The maximum atomic E-state index is 12.0. The minimum Gasteiger partial charge on any atom is -0.353 e. The van der Waals surface area contributed by atoms with Gasteiger partial charge in [0, 0.05) is 12.5 Å². The molecule has 0 aromatic heterocycles. The molecule has 1 aliphatic rings. The molecule has 0 saturated carbocycles. The summed E-state index contributed by atoms with van der Waals surface area (Å²) in [6.07, 6.45) is 3.78. The van der Waals surface area contributed by atoms with Gasteiger partial charge in [0.2, 0.25) is 5.91 Å². The van der Waals surface area contributed by atoms with E-state index in [2.05, 4.69) is 49.6 Å². The first-order chi connectivity index (χ1) is 10.0. The Labute approximate surface area is 128 Å². The van der Waals surface area contributed by atoms with E-state index in [4.69, 9.17) is 0 Å². The predicted octanol–water partition coefficient (Wildman–Crippen LogP) is 2.74. The third kappa shape index (κ3) is 5.16. The van der Waals surface area contributed by atoms with E-state index in [1.165, 1.54) is 23.1 Å². The van der Waals surface area contributed by atoms with E-state index in [9.17, 15) is 4.79 Å². The molecule has 2 rings (SSSR count). The quantitative estimate of drug-likeness (QED) is 0.845. The van der Waals surface area contributed by atoms with Gasteiger partial charge in [-0.3, -0.25) is 4.79 Å². The number of aryl methyl sites for hydroxylation is 2. The fourth-order valence-corrected chi connectivity index (χ4v) is 3.10. The third-order valence-electron chi connectivity index (χ3n) is 4.37. The van der Waals surface area contributed by atoms with Crippen LogP contribution in [0.2, 0.25) is 0 Å². The average molecular weight is 288 g/mol. The SMILES string of the molecule is Cc1ccc(CC(C)NC(=O)CCC2CCNC2)c(C)c1. The lowest BCUT2D eigenvalue weighted by molar-refractivity contribution is -0.121. The highest BCUT2D eigenvalue weighted by Crippen LogP contribution is 2.15. The van der Waals surface area contributed by atoms with Crippen molar-refractivity contribution in [2.24, 2.45) is 5.92 Å². The molecular weight excluding hydrogens is 260 g/mol. The lowest BCUT2D eigenvalue weighted by atomic mass is 9.99. The summed E-state index contributed by atoms with van der Waals surface area (Å²) in [6, 6.07) is 6.72. The molecule has 0 spiro atoms. The number of hydrogen-bond acceptors (Lipinski definition) is 2. The van der Waals surface area contributed by atoms with E-state index >= 15 is 0 Å². The molecule has 1 fully saturated rings. The van der Waals surface area contributed by atoms with Gasteiger partial charge in [-0.1, -0.05) is 23.8 Å². The summed E-state index contributed by atoms with van der Waals surface area (Å²) in [7, 11) is 0. The lowest BCUT2D eigenvalue weighted by Gasteiger charge is -2.16. The van der Waals surface area contributed by atoms with Gasteiger partial charge in [-0.05, 0) is 70.2 Å². The van der Waals surface area contributed by atoms with Crippen molar-refractivity contribution in [3.8, 4) is 0 Å². The molecule has 0 aliphatic carbocycles. The number of hydrogen-bond donors (Lipinski definition) is 2. The van der Waals surface area contributed by atoms with Crippen LogP contribution in [-0.4, -0.2) is 25.0 Å². The number of rotatable bonds is 6. The highest BCUT2D eigenvalue weighted by atomic mass is 16.1. The van der Waals surface area contributed by atoms with Crippen LogP contribution in [0.15, 0.2) is 18.2 Å². The van der Waals surface area contributed by atoms with Gasteiger partial charge in [0.15, 0.2) is 0 Å². The fraction of sp³-hybridized carbons (Fsp3) is 0.611. The molecule has 2 atom stereocenters. The van der Waals surface area contributed by atoms with Gasteiger partial charge < -0.3 is 10.6 Å². The van der Waals surface area contributed by atoms with Crippen LogP contribution in [0.5, 0.6) is 0 Å². The van der Waals surface area contributed by atoms with Crippen LogP contribution in [-0.2, 0) is 11.2 Å². The predicted molar refractivity (Wildman–Crippen MR) is 87.4 cm³/mol. The maximum absolute atomic E-state index is 12.0. The van der Waals surface area contributed by atoms with Crippen molar-refractivity contribution in [1.29, 1.82) is 0 Å². The number of carbonyl (C=O) groups excluding carboxylic acids is 1. The van der Waals surface area contributed by atoms with Crippen LogP contribution < -0.4 is 10.6 Å². The summed E-state index contributed by atoms with van der Waals surface area (Å²) in [5.74, 6) is 0.879. The monoisotopic (exact) mass is 288 g/mol. The minimum atomic E-state index is 0.194. The van der Waals surface area contributed by atoms with Gasteiger partial charge in [0.1, 0.15) is 0 Å². The molecule has 1 saturated heterocycles. The van der Waals surface area contributed by atoms with E-state index in [1.807, 2.05) is 0 Å². The van der Waals surface area contributed by atoms with E-state index in [0.29, 0.717) is 12.3 Å². The molecule has 1 aromatic carbocycles. The Balaban J connectivity index is 1.75. The molecule has 0 bridgehead atoms. The highest BCUT2D eigenvalue weighted by Gasteiger charge is 2.16. The second kappa shape index (κ2) is 7.60. The maximum Gasteiger partial charge on any atom is 0.220 e. The first kappa shape index (κ1) is 16.0. The number of benzene rings is 1. The van der Waals surface area contributed by atoms with Crippen molar-refractivity contribution in [1.82, 2.24) is 10.6 Å². The van der Waals surface area contributed by atoms with Crippen molar-refractivity contribution in [3.05, 3.63) is 34.9 Å². The van der Waals surface area contributed by atoms with Gasteiger partial charge in [-0.25, -0.2) is 0 Å². The van der Waals surface area contributed by atoms with Crippen molar-refractivity contribution < 1.29 is 4.79 Å². The second-order valence-corrected chi connectivity index (χ2v) is 6.50. The number of nitrogens with one attached hydrogen (secondary N) is 2. The zero-order valence-electron chi connectivity index (χ0n) is 13.5. The van der Waals surface area contributed by atoms with E-state index in [0.717, 1.165) is 25.9 Å². The molecule has 1 aliphatic heterocycles. The third-order valence-corrected chi connectivity index (χ3v) is 4.37. The largest absolute Gasteiger partial charge is 0.353 e. The van der Waals surface area contributed by atoms with Crippen LogP contribution in [0.25, 0.3) is 0 Å². The van der Waals surface area contributed by atoms with Crippen molar-refractivity contribution in [2.45, 2.75) is 52.5 Å². The summed E-state index contributed by atoms with van der Waals surface area (Å²) in [5, 5.41) is 6.48. The molecule has 2 N–H and O–H groups in total. The smallest absolute Gasteiger partial charge is 0.220 e. The molecule has 1 amide bonds.